The number of phenolic OH excluding ortho intramolecular Hbond substituents is 1. The molecule has 0 bridgehead atoms. The lowest BCUT2D eigenvalue weighted by molar-refractivity contribution is 0.102. The van der Waals surface area contributed by atoms with Gasteiger partial charge in [-0.3, -0.25) is 4.79 Å². The van der Waals surface area contributed by atoms with Crippen LogP contribution in [-0.2, 0) is 0 Å². The van der Waals surface area contributed by atoms with Crippen LogP contribution in [0.5, 0.6) is 5.75 Å². The van der Waals surface area contributed by atoms with Gasteiger partial charge in [-0.1, -0.05) is 27.5 Å². The highest BCUT2D eigenvalue weighted by Crippen LogP contribution is 2.28. The Hall–Kier alpha value is -1.04. The smallest absolute Gasteiger partial charge is 0.259 e. The van der Waals surface area contributed by atoms with Crippen molar-refractivity contribution in [2.24, 2.45) is 0 Å². The van der Waals surface area contributed by atoms with Crippen LogP contribution in [0.3, 0.4) is 0 Å². The maximum absolute atomic E-state index is 12.1. The topological polar surface area (TPSA) is 49.3 Å². The van der Waals surface area contributed by atoms with E-state index in [1.54, 1.807) is 30.3 Å². The number of hydrogen-bond donors (Lipinski definition) is 2. The highest BCUT2D eigenvalue weighted by Gasteiger charge is 2.13. The van der Waals surface area contributed by atoms with Crippen LogP contribution in [0, 0.1) is 0 Å². The Kier molecular flexibility index (Phi) is 4.50. The van der Waals surface area contributed by atoms with E-state index in [1.807, 2.05) is 0 Å². The maximum Gasteiger partial charge on any atom is 0.259 e. The Morgan fingerprint density at radius 3 is 2.58 bits per heavy atom. The van der Waals surface area contributed by atoms with Crippen LogP contribution in [0.15, 0.2) is 45.3 Å². The summed E-state index contributed by atoms with van der Waals surface area (Å²) in [4.78, 5) is 12.1. The SMILES string of the molecule is O=C(Nc1ccc(Cl)cc1Br)c1cc(Br)ccc1O. The molecule has 19 heavy (non-hydrogen) atoms. The van der Waals surface area contributed by atoms with E-state index in [-0.39, 0.29) is 11.3 Å². The van der Waals surface area contributed by atoms with Crippen LogP contribution >= 0.6 is 43.5 Å². The maximum atomic E-state index is 12.1. The molecular weight excluding hydrogens is 397 g/mol. The Labute approximate surface area is 131 Å². The average Bonchev–Trinajstić information content (AvgIpc) is 2.35. The molecule has 0 aliphatic heterocycles. The Morgan fingerprint density at radius 2 is 1.89 bits per heavy atom. The first kappa shape index (κ1) is 14.4. The Bertz CT molecular complexity index is 647. The fourth-order valence-electron chi connectivity index (χ4n) is 1.47. The number of amides is 1. The van der Waals surface area contributed by atoms with E-state index in [0.29, 0.717) is 19.7 Å². The van der Waals surface area contributed by atoms with Gasteiger partial charge in [-0.15, -0.1) is 0 Å². The van der Waals surface area contributed by atoms with Gasteiger partial charge in [-0.05, 0) is 52.3 Å². The van der Waals surface area contributed by atoms with Gasteiger partial charge in [0.25, 0.3) is 5.91 Å². The quantitative estimate of drug-likeness (QED) is 0.752. The van der Waals surface area contributed by atoms with E-state index >= 15 is 0 Å². The van der Waals surface area contributed by atoms with Gasteiger partial charge in [-0.2, -0.15) is 0 Å². The molecule has 0 aliphatic rings. The summed E-state index contributed by atoms with van der Waals surface area (Å²) in [5, 5.41) is 12.9. The molecule has 0 atom stereocenters. The van der Waals surface area contributed by atoms with Crippen molar-refractivity contribution in [1.82, 2.24) is 0 Å². The Balaban J connectivity index is 2.28. The second-order valence-electron chi connectivity index (χ2n) is 3.74. The van der Waals surface area contributed by atoms with Gasteiger partial charge in [0.2, 0.25) is 0 Å². The van der Waals surface area contributed by atoms with Crippen LogP contribution in [-0.4, -0.2) is 11.0 Å². The van der Waals surface area contributed by atoms with Gasteiger partial charge in [0.15, 0.2) is 0 Å². The average molecular weight is 405 g/mol. The molecule has 0 spiro atoms. The lowest BCUT2D eigenvalue weighted by Gasteiger charge is -2.09. The number of anilines is 1. The zero-order valence-corrected chi connectivity index (χ0v) is 13.4. The molecule has 2 rings (SSSR count). The molecule has 2 aromatic rings. The molecule has 0 unspecified atom stereocenters. The molecular formula is C13H8Br2ClNO2. The molecule has 0 aliphatic carbocycles. The lowest BCUT2D eigenvalue weighted by Crippen LogP contribution is -2.12. The zero-order chi connectivity index (χ0) is 14.0. The summed E-state index contributed by atoms with van der Waals surface area (Å²) in [7, 11) is 0. The summed E-state index contributed by atoms with van der Waals surface area (Å²) >= 11 is 12.4. The molecule has 0 saturated carbocycles. The van der Waals surface area contributed by atoms with Crippen LogP contribution in [0.2, 0.25) is 5.02 Å². The highest BCUT2D eigenvalue weighted by atomic mass is 79.9. The summed E-state index contributed by atoms with van der Waals surface area (Å²) in [5.74, 6) is -0.479. The van der Waals surface area contributed by atoms with Crippen molar-refractivity contribution in [1.29, 1.82) is 0 Å². The standard InChI is InChI=1S/C13H8Br2ClNO2/c14-7-1-4-12(18)9(5-7)13(19)17-11-3-2-8(16)6-10(11)15/h1-6,18H,(H,17,19). The van der Waals surface area contributed by atoms with Gasteiger partial charge >= 0.3 is 0 Å². The number of nitrogens with one attached hydrogen (secondary N) is 1. The van der Waals surface area contributed by atoms with Gasteiger partial charge in [0.05, 0.1) is 11.3 Å². The zero-order valence-electron chi connectivity index (χ0n) is 9.45. The normalized spacial score (nSPS) is 10.3. The third-order valence-electron chi connectivity index (χ3n) is 2.38. The lowest BCUT2D eigenvalue weighted by atomic mass is 10.2. The minimum atomic E-state index is -0.401. The number of hydrogen-bond acceptors (Lipinski definition) is 2. The number of carbonyl (C=O) groups is 1. The van der Waals surface area contributed by atoms with Gasteiger partial charge in [-0.25, -0.2) is 0 Å². The highest BCUT2D eigenvalue weighted by molar-refractivity contribution is 9.10. The van der Waals surface area contributed by atoms with Crippen molar-refractivity contribution >= 4 is 55.1 Å². The summed E-state index contributed by atoms with van der Waals surface area (Å²) in [6.07, 6.45) is 0. The van der Waals surface area contributed by atoms with Crippen molar-refractivity contribution in [2.75, 3.05) is 5.32 Å². The van der Waals surface area contributed by atoms with Crippen LogP contribution in [0.4, 0.5) is 5.69 Å². The second kappa shape index (κ2) is 5.94. The molecule has 0 aromatic heterocycles. The minimum absolute atomic E-state index is 0.0780. The third-order valence-corrected chi connectivity index (χ3v) is 3.77. The monoisotopic (exact) mass is 403 g/mol. The second-order valence-corrected chi connectivity index (χ2v) is 5.95. The molecule has 0 fully saturated rings. The predicted molar refractivity (Wildman–Crippen MR) is 82.9 cm³/mol. The fraction of sp³-hybridized carbons (Fsp3) is 0. The first-order valence-corrected chi connectivity index (χ1v) is 7.18. The summed E-state index contributed by atoms with van der Waals surface area (Å²) in [6, 6.07) is 9.69. The molecule has 0 saturated heterocycles. The molecule has 0 radical (unpaired) electrons. The fourth-order valence-corrected chi connectivity index (χ4v) is 2.61. The largest absolute Gasteiger partial charge is 0.507 e. The van der Waals surface area contributed by atoms with Crippen molar-refractivity contribution in [2.45, 2.75) is 0 Å². The van der Waals surface area contributed by atoms with Crippen LogP contribution in [0.25, 0.3) is 0 Å². The van der Waals surface area contributed by atoms with Crippen molar-refractivity contribution in [3.8, 4) is 5.75 Å². The summed E-state index contributed by atoms with van der Waals surface area (Å²) < 4.78 is 1.38. The summed E-state index contributed by atoms with van der Waals surface area (Å²) in [6.45, 7) is 0. The first-order chi connectivity index (χ1) is 8.97. The first-order valence-electron chi connectivity index (χ1n) is 5.22. The number of benzene rings is 2. The van der Waals surface area contributed by atoms with Crippen LogP contribution < -0.4 is 5.32 Å². The van der Waals surface area contributed by atoms with Crippen molar-refractivity contribution in [3.05, 3.63) is 55.9 Å². The predicted octanol–water partition coefficient (Wildman–Crippen LogP) is 4.82. The van der Waals surface area contributed by atoms with E-state index in [1.165, 1.54) is 6.07 Å². The number of phenols is 1. The van der Waals surface area contributed by atoms with E-state index in [4.69, 9.17) is 11.6 Å². The van der Waals surface area contributed by atoms with E-state index in [2.05, 4.69) is 37.2 Å². The number of aromatic hydroxyl groups is 1. The molecule has 3 nitrogen and oxygen atoms in total. The van der Waals surface area contributed by atoms with Crippen LogP contribution in [0.1, 0.15) is 10.4 Å². The molecule has 98 valence electrons. The van der Waals surface area contributed by atoms with Crippen molar-refractivity contribution in [3.63, 3.8) is 0 Å². The molecule has 0 heterocycles. The van der Waals surface area contributed by atoms with Gasteiger partial charge < -0.3 is 10.4 Å². The third kappa shape index (κ3) is 3.49. The van der Waals surface area contributed by atoms with Gasteiger partial charge in [0, 0.05) is 14.0 Å². The van der Waals surface area contributed by atoms with Crippen molar-refractivity contribution < 1.29 is 9.90 Å². The number of carbonyl (C=O) groups excluding carboxylic acids is 1. The number of rotatable bonds is 2. The number of halogens is 3. The van der Waals surface area contributed by atoms with E-state index in [0.717, 1.165) is 0 Å². The molecule has 2 N–H and O–H groups in total. The molecule has 6 heteroatoms. The van der Waals surface area contributed by atoms with E-state index < -0.39 is 5.91 Å². The summed E-state index contributed by atoms with van der Waals surface area (Å²) in [5.41, 5.74) is 0.769. The minimum Gasteiger partial charge on any atom is -0.507 e. The van der Waals surface area contributed by atoms with E-state index in [9.17, 15) is 9.90 Å². The van der Waals surface area contributed by atoms with Gasteiger partial charge in [0.1, 0.15) is 5.75 Å². The molecule has 2 aromatic carbocycles. The Morgan fingerprint density at radius 1 is 1.16 bits per heavy atom. The molecule has 1 amide bonds.